The van der Waals surface area contributed by atoms with Gasteiger partial charge in [-0.15, -0.1) is 0 Å². The smallest absolute Gasteiger partial charge is 0.265 e. The van der Waals surface area contributed by atoms with Gasteiger partial charge in [-0.05, 0) is 25.2 Å². The van der Waals surface area contributed by atoms with Crippen molar-refractivity contribution >= 4 is 16.9 Å². The predicted octanol–water partition coefficient (Wildman–Crippen LogP) is 0.465. The number of aromatic nitrogens is 2. The minimum absolute atomic E-state index is 0.0577. The molecule has 2 heterocycles. The third kappa shape index (κ3) is 2.52. The van der Waals surface area contributed by atoms with E-state index < -0.39 is 0 Å². The number of hydrogen-bond donors (Lipinski definition) is 1. The van der Waals surface area contributed by atoms with Gasteiger partial charge >= 0.3 is 0 Å². The molecule has 1 aromatic heterocycles. The fourth-order valence-corrected chi connectivity index (χ4v) is 2.39. The molecule has 0 bridgehead atoms. The summed E-state index contributed by atoms with van der Waals surface area (Å²) < 4.78 is 1.92. The van der Waals surface area contributed by atoms with Crippen molar-refractivity contribution in [2.75, 3.05) is 33.2 Å². The number of benzene rings is 1. The van der Waals surface area contributed by atoms with Gasteiger partial charge in [-0.1, -0.05) is 0 Å². The van der Waals surface area contributed by atoms with E-state index in [0.29, 0.717) is 5.56 Å². The Morgan fingerprint density at radius 3 is 2.70 bits per heavy atom. The lowest BCUT2D eigenvalue weighted by Crippen LogP contribution is -2.52. The summed E-state index contributed by atoms with van der Waals surface area (Å²) in [5.74, 6) is -0.0577. The predicted molar refractivity (Wildman–Crippen MR) is 77.3 cm³/mol. The molecule has 0 aliphatic carbocycles. The van der Waals surface area contributed by atoms with Crippen molar-refractivity contribution in [1.29, 1.82) is 0 Å². The number of amides is 1. The molecule has 0 unspecified atom stereocenters. The van der Waals surface area contributed by atoms with Gasteiger partial charge < -0.3 is 9.47 Å². The minimum Gasteiger partial charge on any atom is -0.334 e. The fraction of sp³-hybridized carbons (Fsp3) is 0.429. The molecule has 1 fully saturated rings. The van der Waals surface area contributed by atoms with Gasteiger partial charge in [-0.25, -0.2) is 9.99 Å². The van der Waals surface area contributed by atoms with Crippen molar-refractivity contribution in [3.63, 3.8) is 0 Å². The third-order valence-electron chi connectivity index (χ3n) is 3.75. The van der Waals surface area contributed by atoms with Gasteiger partial charge in [0.25, 0.3) is 5.91 Å². The second-order valence-electron chi connectivity index (χ2n) is 5.29. The highest BCUT2D eigenvalue weighted by atomic mass is 16.2. The van der Waals surface area contributed by atoms with Crippen molar-refractivity contribution in [3.05, 3.63) is 30.1 Å². The van der Waals surface area contributed by atoms with Crippen LogP contribution in [0.25, 0.3) is 11.0 Å². The zero-order valence-electron chi connectivity index (χ0n) is 11.8. The summed E-state index contributed by atoms with van der Waals surface area (Å²) in [6.45, 7) is 3.66. The van der Waals surface area contributed by atoms with Crippen LogP contribution in [0.2, 0.25) is 0 Å². The molecule has 1 aliphatic rings. The Morgan fingerprint density at radius 2 is 1.95 bits per heavy atom. The quantitative estimate of drug-likeness (QED) is 0.864. The number of rotatable bonds is 2. The van der Waals surface area contributed by atoms with Crippen LogP contribution >= 0.6 is 0 Å². The van der Waals surface area contributed by atoms with Crippen LogP contribution in [-0.2, 0) is 7.05 Å². The summed E-state index contributed by atoms with van der Waals surface area (Å²) in [6, 6.07) is 5.59. The zero-order valence-corrected chi connectivity index (χ0v) is 11.8. The summed E-state index contributed by atoms with van der Waals surface area (Å²) in [5.41, 5.74) is 5.51. The minimum atomic E-state index is -0.0577. The highest BCUT2D eigenvalue weighted by molar-refractivity contribution is 5.97. The fourth-order valence-electron chi connectivity index (χ4n) is 2.39. The Morgan fingerprint density at radius 1 is 1.20 bits per heavy atom. The molecule has 1 aliphatic heterocycles. The second-order valence-corrected chi connectivity index (χ2v) is 5.29. The second kappa shape index (κ2) is 5.22. The van der Waals surface area contributed by atoms with E-state index in [1.54, 1.807) is 6.33 Å². The summed E-state index contributed by atoms with van der Waals surface area (Å²) >= 11 is 0. The number of hydrazine groups is 1. The lowest BCUT2D eigenvalue weighted by molar-refractivity contribution is 0.0662. The average Bonchev–Trinajstić information content (AvgIpc) is 2.82. The molecular formula is C14H19N5O. The Bertz CT molecular complexity index is 628. The molecule has 6 heteroatoms. The first kappa shape index (κ1) is 13.1. The number of imidazole rings is 1. The van der Waals surface area contributed by atoms with Crippen LogP contribution in [0.3, 0.4) is 0 Å². The number of carbonyl (C=O) groups excluding carboxylic acids is 1. The van der Waals surface area contributed by atoms with Gasteiger partial charge in [0.15, 0.2) is 0 Å². The normalized spacial score (nSPS) is 17.5. The van der Waals surface area contributed by atoms with E-state index in [2.05, 4.69) is 22.4 Å². The molecule has 0 saturated carbocycles. The van der Waals surface area contributed by atoms with E-state index >= 15 is 0 Å². The molecule has 106 valence electrons. The van der Waals surface area contributed by atoms with E-state index in [1.165, 1.54) is 0 Å². The van der Waals surface area contributed by atoms with Crippen molar-refractivity contribution in [3.8, 4) is 0 Å². The lowest BCUT2D eigenvalue weighted by atomic mass is 10.2. The maximum absolute atomic E-state index is 12.3. The van der Waals surface area contributed by atoms with E-state index in [4.69, 9.17) is 0 Å². The van der Waals surface area contributed by atoms with Gasteiger partial charge in [0.05, 0.1) is 17.4 Å². The number of hydrogen-bond acceptors (Lipinski definition) is 4. The van der Waals surface area contributed by atoms with Gasteiger partial charge in [0.1, 0.15) is 0 Å². The largest absolute Gasteiger partial charge is 0.334 e. The van der Waals surface area contributed by atoms with Gasteiger partial charge in [0, 0.05) is 38.8 Å². The van der Waals surface area contributed by atoms with Gasteiger partial charge in [0.2, 0.25) is 0 Å². The molecule has 1 saturated heterocycles. The highest BCUT2D eigenvalue weighted by Crippen LogP contribution is 2.14. The Balaban J connectivity index is 1.73. The number of nitrogens with zero attached hydrogens (tertiary/aromatic N) is 4. The van der Waals surface area contributed by atoms with Crippen molar-refractivity contribution < 1.29 is 4.79 Å². The van der Waals surface area contributed by atoms with Gasteiger partial charge in [-0.3, -0.25) is 10.2 Å². The maximum Gasteiger partial charge on any atom is 0.265 e. The van der Waals surface area contributed by atoms with Crippen LogP contribution in [0.15, 0.2) is 24.5 Å². The van der Waals surface area contributed by atoms with E-state index in [9.17, 15) is 4.79 Å². The van der Waals surface area contributed by atoms with E-state index in [1.807, 2.05) is 34.8 Å². The molecule has 3 rings (SSSR count). The molecule has 20 heavy (non-hydrogen) atoms. The molecule has 1 aromatic carbocycles. The molecule has 1 N–H and O–H groups in total. The van der Waals surface area contributed by atoms with Crippen LogP contribution in [0.4, 0.5) is 0 Å². The van der Waals surface area contributed by atoms with Crippen LogP contribution in [-0.4, -0.2) is 58.6 Å². The number of nitrogens with one attached hydrogen (secondary N) is 1. The molecule has 0 spiro atoms. The first-order chi connectivity index (χ1) is 9.63. The SMILES string of the molecule is CN1CCN(NC(=O)c2ccc3ncn(C)c3c2)CC1. The summed E-state index contributed by atoms with van der Waals surface area (Å²) in [6.07, 6.45) is 1.76. The maximum atomic E-state index is 12.3. The number of piperazine rings is 1. The Labute approximate surface area is 118 Å². The summed E-state index contributed by atoms with van der Waals surface area (Å²) in [4.78, 5) is 18.8. The lowest BCUT2D eigenvalue weighted by Gasteiger charge is -2.32. The molecule has 0 atom stereocenters. The molecule has 0 radical (unpaired) electrons. The Kier molecular flexibility index (Phi) is 3.42. The van der Waals surface area contributed by atoms with E-state index in [-0.39, 0.29) is 5.91 Å². The van der Waals surface area contributed by atoms with Crippen molar-refractivity contribution in [2.45, 2.75) is 0 Å². The average molecular weight is 273 g/mol. The zero-order chi connectivity index (χ0) is 14.1. The number of likely N-dealkylation sites (N-methyl/N-ethyl adjacent to an activating group) is 1. The number of aryl methyl sites for hydroxylation is 1. The number of carbonyl (C=O) groups is 1. The standard InChI is InChI=1S/C14H19N5O/c1-17-5-7-19(8-6-17)16-14(20)11-3-4-12-13(9-11)18(2)10-15-12/h3-4,9-10H,5-8H2,1-2H3,(H,16,20). The molecular weight excluding hydrogens is 254 g/mol. The van der Waals surface area contributed by atoms with E-state index in [0.717, 1.165) is 37.2 Å². The van der Waals surface area contributed by atoms with Crippen molar-refractivity contribution in [2.24, 2.45) is 7.05 Å². The molecule has 2 aromatic rings. The first-order valence-corrected chi connectivity index (χ1v) is 6.79. The van der Waals surface area contributed by atoms with Crippen LogP contribution < -0.4 is 5.43 Å². The van der Waals surface area contributed by atoms with Crippen LogP contribution in [0, 0.1) is 0 Å². The van der Waals surface area contributed by atoms with Crippen molar-refractivity contribution in [1.82, 2.24) is 24.9 Å². The highest BCUT2D eigenvalue weighted by Gasteiger charge is 2.17. The topological polar surface area (TPSA) is 53.4 Å². The van der Waals surface area contributed by atoms with Crippen LogP contribution in [0.5, 0.6) is 0 Å². The van der Waals surface area contributed by atoms with Gasteiger partial charge in [-0.2, -0.15) is 0 Å². The monoisotopic (exact) mass is 273 g/mol. The molecule has 6 nitrogen and oxygen atoms in total. The summed E-state index contributed by atoms with van der Waals surface area (Å²) in [7, 11) is 4.02. The third-order valence-corrected chi connectivity index (χ3v) is 3.75. The number of fused-ring (bicyclic) bond motifs is 1. The first-order valence-electron chi connectivity index (χ1n) is 6.79. The van der Waals surface area contributed by atoms with Crippen LogP contribution in [0.1, 0.15) is 10.4 Å². The Hall–Kier alpha value is -1.92. The molecule has 1 amide bonds. The summed E-state index contributed by atoms with van der Waals surface area (Å²) in [5, 5.41) is 1.98.